The van der Waals surface area contributed by atoms with Crippen LogP contribution < -0.4 is 15.4 Å². The fourth-order valence-corrected chi connectivity index (χ4v) is 2.57. The van der Waals surface area contributed by atoms with Crippen LogP contribution >= 0.6 is 0 Å². The first-order chi connectivity index (χ1) is 12.9. The van der Waals surface area contributed by atoms with E-state index >= 15 is 0 Å². The van der Waals surface area contributed by atoms with Crippen LogP contribution in [0, 0.1) is 12.8 Å². The van der Waals surface area contributed by atoms with Gasteiger partial charge in [0.25, 0.3) is 11.8 Å². The minimum Gasteiger partial charge on any atom is -0.481 e. The maximum Gasteiger partial charge on any atom is 0.265 e. The fraction of sp³-hybridized carbons (Fsp3) is 0.364. The Bertz CT molecular complexity index is 787. The molecule has 0 aliphatic carbocycles. The Balaban J connectivity index is 2.10. The van der Waals surface area contributed by atoms with Gasteiger partial charge in [-0.25, -0.2) is 0 Å². The van der Waals surface area contributed by atoms with Crippen LogP contribution in [0.4, 0.5) is 5.69 Å². The van der Waals surface area contributed by atoms with Crippen molar-refractivity contribution >= 4 is 17.5 Å². The smallest absolute Gasteiger partial charge is 0.265 e. The van der Waals surface area contributed by atoms with Crippen LogP contribution in [0.15, 0.2) is 48.5 Å². The van der Waals surface area contributed by atoms with E-state index in [0.717, 1.165) is 5.56 Å². The molecule has 0 aliphatic rings. The maximum absolute atomic E-state index is 12.7. The van der Waals surface area contributed by atoms with Crippen molar-refractivity contribution in [2.24, 2.45) is 5.92 Å². The minimum atomic E-state index is -0.640. The first-order valence-electron chi connectivity index (χ1n) is 9.32. The van der Waals surface area contributed by atoms with Gasteiger partial charge in [0.05, 0.1) is 11.3 Å². The topological polar surface area (TPSA) is 67.4 Å². The molecular weight excluding hydrogens is 340 g/mol. The molecule has 2 amide bonds. The Morgan fingerprint density at radius 1 is 1.07 bits per heavy atom. The lowest BCUT2D eigenvalue weighted by Crippen LogP contribution is -2.34. The highest BCUT2D eigenvalue weighted by molar-refractivity contribution is 6.04. The van der Waals surface area contributed by atoms with E-state index in [0.29, 0.717) is 35.9 Å². The van der Waals surface area contributed by atoms with Gasteiger partial charge in [-0.1, -0.05) is 45.0 Å². The van der Waals surface area contributed by atoms with Gasteiger partial charge in [0, 0.05) is 6.54 Å². The number of hydrogen-bond donors (Lipinski definition) is 2. The van der Waals surface area contributed by atoms with Crippen LogP contribution in [0.2, 0.25) is 0 Å². The van der Waals surface area contributed by atoms with Crippen LogP contribution in [-0.4, -0.2) is 24.5 Å². The van der Waals surface area contributed by atoms with Crippen LogP contribution in [-0.2, 0) is 4.79 Å². The van der Waals surface area contributed by atoms with Crippen molar-refractivity contribution < 1.29 is 14.3 Å². The van der Waals surface area contributed by atoms with E-state index in [1.807, 2.05) is 52.0 Å². The molecule has 0 spiro atoms. The van der Waals surface area contributed by atoms with E-state index in [1.54, 1.807) is 24.3 Å². The fourth-order valence-electron chi connectivity index (χ4n) is 2.57. The average molecular weight is 368 g/mol. The standard InChI is InChI=1S/C22H28N2O3/c1-5-20(27-17-10-8-9-16(4)13-17)22(26)24-19-12-7-6-11-18(19)21(25)23-14-15(2)3/h6-13,15,20H,5,14H2,1-4H3,(H,23,25)(H,24,26)/t20-/m0/s1. The van der Waals surface area contributed by atoms with Gasteiger partial charge in [0.2, 0.25) is 0 Å². The van der Waals surface area contributed by atoms with Gasteiger partial charge in [0.1, 0.15) is 5.75 Å². The van der Waals surface area contributed by atoms with Crippen LogP contribution in [0.3, 0.4) is 0 Å². The van der Waals surface area contributed by atoms with Crippen molar-refractivity contribution in [3.8, 4) is 5.75 Å². The van der Waals surface area contributed by atoms with Crippen molar-refractivity contribution in [2.45, 2.75) is 40.2 Å². The van der Waals surface area contributed by atoms with Crippen LogP contribution in [0.1, 0.15) is 43.1 Å². The van der Waals surface area contributed by atoms with E-state index in [-0.39, 0.29) is 11.8 Å². The molecule has 2 N–H and O–H groups in total. The molecule has 0 heterocycles. The molecule has 27 heavy (non-hydrogen) atoms. The number of aryl methyl sites for hydroxylation is 1. The van der Waals surface area contributed by atoms with E-state index in [2.05, 4.69) is 10.6 Å². The predicted octanol–water partition coefficient (Wildman–Crippen LogP) is 4.18. The van der Waals surface area contributed by atoms with Crippen molar-refractivity contribution in [2.75, 3.05) is 11.9 Å². The van der Waals surface area contributed by atoms with E-state index < -0.39 is 6.10 Å². The molecule has 0 saturated heterocycles. The summed E-state index contributed by atoms with van der Waals surface area (Å²) in [6.07, 6.45) is -0.125. The second-order valence-electron chi connectivity index (χ2n) is 6.97. The van der Waals surface area contributed by atoms with Crippen LogP contribution in [0.25, 0.3) is 0 Å². The molecule has 5 nitrogen and oxygen atoms in total. The molecule has 0 saturated carbocycles. The highest BCUT2D eigenvalue weighted by Crippen LogP contribution is 2.19. The van der Waals surface area contributed by atoms with E-state index in [9.17, 15) is 9.59 Å². The van der Waals surface area contributed by atoms with Gasteiger partial charge in [0.15, 0.2) is 6.10 Å². The lowest BCUT2D eigenvalue weighted by molar-refractivity contribution is -0.122. The number of anilines is 1. The number of amides is 2. The molecular formula is C22H28N2O3. The lowest BCUT2D eigenvalue weighted by Gasteiger charge is -2.19. The summed E-state index contributed by atoms with van der Waals surface area (Å²) in [6.45, 7) is 8.50. The zero-order valence-corrected chi connectivity index (χ0v) is 16.4. The second-order valence-corrected chi connectivity index (χ2v) is 6.97. The summed E-state index contributed by atoms with van der Waals surface area (Å²) >= 11 is 0. The van der Waals surface area contributed by atoms with Gasteiger partial charge in [-0.05, 0) is 49.1 Å². The molecule has 2 aromatic rings. The Labute approximate surface area is 161 Å². The largest absolute Gasteiger partial charge is 0.481 e. The summed E-state index contributed by atoms with van der Waals surface area (Å²) in [6, 6.07) is 14.6. The molecule has 0 radical (unpaired) electrons. The highest BCUT2D eigenvalue weighted by Gasteiger charge is 2.21. The Hall–Kier alpha value is -2.82. The molecule has 2 rings (SSSR count). The van der Waals surface area contributed by atoms with E-state index in [1.165, 1.54) is 0 Å². The third-order valence-corrected chi connectivity index (χ3v) is 4.03. The molecule has 0 aromatic heterocycles. The molecule has 1 atom stereocenters. The number of para-hydroxylation sites is 1. The van der Waals surface area contributed by atoms with Gasteiger partial charge < -0.3 is 15.4 Å². The third kappa shape index (κ3) is 6.13. The minimum absolute atomic E-state index is 0.202. The number of ether oxygens (including phenoxy) is 1. The third-order valence-electron chi connectivity index (χ3n) is 4.03. The van der Waals surface area contributed by atoms with Gasteiger partial charge >= 0.3 is 0 Å². The summed E-state index contributed by atoms with van der Waals surface area (Å²) in [5.41, 5.74) is 1.99. The van der Waals surface area contributed by atoms with Crippen molar-refractivity contribution in [1.82, 2.24) is 5.32 Å². The molecule has 0 bridgehead atoms. The number of nitrogens with one attached hydrogen (secondary N) is 2. The molecule has 2 aromatic carbocycles. The predicted molar refractivity (Wildman–Crippen MR) is 108 cm³/mol. The van der Waals surface area contributed by atoms with E-state index in [4.69, 9.17) is 4.74 Å². The zero-order chi connectivity index (χ0) is 19.8. The summed E-state index contributed by atoms with van der Waals surface area (Å²) in [4.78, 5) is 25.1. The molecule has 0 fully saturated rings. The van der Waals surface area contributed by atoms with Gasteiger partial charge in [-0.2, -0.15) is 0 Å². The Kier molecular flexibility index (Phi) is 7.41. The summed E-state index contributed by atoms with van der Waals surface area (Å²) < 4.78 is 5.85. The molecule has 0 unspecified atom stereocenters. The lowest BCUT2D eigenvalue weighted by atomic mass is 10.1. The number of carbonyl (C=O) groups excluding carboxylic acids is 2. The number of benzene rings is 2. The number of hydrogen-bond acceptors (Lipinski definition) is 3. The number of rotatable bonds is 8. The molecule has 5 heteroatoms. The van der Waals surface area contributed by atoms with Crippen molar-refractivity contribution in [3.63, 3.8) is 0 Å². The van der Waals surface area contributed by atoms with Crippen LogP contribution in [0.5, 0.6) is 5.75 Å². The first kappa shape index (κ1) is 20.5. The Morgan fingerprint density at radius 3 is 2.48 bits per heavy atom. The first-order valence-corrected chi connectivity index (χ1v) is 9.32. The summed E-state index contributed by atoms with van der Waals surface area (Å²) in [5.74, 6) is 0.526. The summed E-state index contributed by atoms with van der Waals surface area (Å²) in [5, 5.41) is 5.72. The molecule has 144 valence electrons. The Morgan fingerprint density at radius 2 is 1.81 bits per heavy atom. The normalized spacial score (nSPS) is 11.7. The van der Waals surface area contributed by atoms with Crippen molar-refractivity contribution in [3.05, 3.63) is 59.7 Å². The quantitative estimate of drug-likeness (QED) is 0.735. The monoisotopic (exact) mass is 368 g/mol. The second kappa shape index (κ2) is 9.76. The highest BCUT2D eigenvalue weighted by atomic mass is 16.5. The SMILES string of the molecule is CC[C@H](Oc1cccc(C)c1)C(=O)Nc1ccccc1C(=O)NCC(C)C. The average Bonchev–Trinajstić information content (AvgIpc) is 2.64. The summed E-state index contributed by atoms with van der Waals surface area (Å²) in [7, 11) is 0. The van der Waals surface area contributed by atoms with Gasteiger partial charge in [-0.15, -0.1) is 0 Å². The van der Waals surface area contributed by atoms with Crippen molar-refractivity contribution in [1.29, 1.82) is 0 Å². The number of carbonyl (C=O) groups is 2. The maximum atomic E-state index is 12.7. The van der Waals surface area contributed by atoms with Gasteiger partial charge in [-0.3, -0.25) is 9.59 Å². The molecule has 0 aliphatic heterocycles. The zero-order valence-electron chi connectivity index (χ0n) is 16.4.